The molecule has 0 fully saturated rings. The number of carbonyl (C=O) groups excluding carboxylic acids is 1. The van der Waals surface area contributed by atoms with Gasteiger partial charge in [0.05, 0.1) is 11.2 Å². The Morgan fingerprint density at radius 3 is 2.64 bits per heavy atom. The first-order chi connectivity index (χ1) is 16.0. The molecule has 0 saturated heterocycles. The molecule has 2 aromatic heterocycles. The lowest BCUT2D eigenvalue weighted by Gasteiger charge is -2.14. The lowest BCUT2D eigenvalue weighted by molar-refractivity contribution is 0.102. The second-order valence-electron chi connectivity index (χ2n) is 7.76. The van der Waals surface area contributed by atoms with Gasteiger partial charge in [-0.15, -0.1) is 11.3 Å². The van der Waals surface area contributed by atoms with E-state index in [4.69, 9.17) is 11.6 Å². The van der Waals surface area contributed by atoms with Crippen LogP contribution >= 0.6 is 22.9 Å². The van der Waals surface area contributed by atoms with Crippen molar-refractivity contribution in [2.45, 2.75) is 39.2 Å². The summed E-state index contributed by atoms with van der Waals surface area (Å²) in [6, 6.07) is 14.3. The summed E-state index contributed by atoms with van der Waals surface area (Å²) in [4.78, 5) is 30.8. The van der Waals surface area contributed by atoms with Crippen molar-refractivity contribution in [3.05, 3.63) is 74.9 Å². The third-order valence-corrected chi connectivity index (χ3v) is 6.48. The number of hydrogen-bond acceptors (Lipinski definition) is 5. The number of aryl methyl sites for hydroxylation is 1. The highest BCUT2D eigenvalue weighted by Gasteiger charge is 2.23. The maximum absolute atomic E-state index is 13.3. The maximum atomic E-state index is 13.3. The SMILES string of the molecule is CCCCCCn1c(=O)c(C(=O)Nc2nc(-c3ccc(Cl)cc3)cs2)c(O)c2ccccc21. The van der Waals surface area contributed by atoms with Crippen LogP contribution in [0.1, 0.15) is 43.0 Å². The fraction of sp³-hybridized carbons (Fsp3) is 0.240. The van der Waals surface area contributed by atoms with Crippen LogP contribution in [-0.4, -0.2) is 20.6 Å². The highest BCUT2D eigenvalue weighted by molar-refractivity contribution is 7.14. The number of anilines is 1. The minimum Gasteiger partial charge on any atom is -0.506 e. The molecule has 8 heteroatoms. The summed E-state index contributed by atoms with van der Waals surface area (Å²) >= 11 is 7.19. The summed E-state index contributed by atoms with van der Waals surface area (Å²) in [7, 11) is 0. The fourth-order valence-electron chi connectivity index (χ4n) is 3.76. The third kappa shape index (κ3) is 4.94. The van der Waals surface area contributed by atoms with Gasteiger partial charge in [0.1, 0.15) is 11.3 Å². The molecule has 0 spiro atoms. The standard InChI is InChI=1S/C25H24ClN3O3S/c1-2-3-4-7-14-29-20-9-6-5-8-18(20)22(30)21(24(29)32)23(31)28-25-27-19(15-33-25)16-10-12-17(26)13-11-16/h5-6,8-13,15,30H,2-4,7,14H2,1H3,(H,27,28,31). The van der Waals surface area contributed by atoms with Crippen molar-refractivity contribution in [3.63, 3.8) is 0 Å². The van der Waals surface area contributed by atoms with Gasteiger partial charge in [-0.05, 0) is 30.7 Å². The second-order valence-corrected chi connectivity index (χ2v) is 9.05. The molecule has 0 aliphatic rings. The zero-order valence-electron chi connectivity index (χ0n) is 18.2. The van der Waals surface area contributed by atoms with Crippen LogP contribution in [0.4, 0.5) is 5.13 Å². The van der Waals surface area contributed by atoms with Gasteiger partial charge in [-0.2, -0.15) is 0 Å². The number of pyridine rings is 1. The molecule has 1 amide bonds. The maximum Gasteiger partial charge on any atom is 0.267 e. The molecule has 2 N–H and O–H groups in total. The van der Waals surface area contributed by atoms with Crippen molar-refractivity contribution in [1.82, 2.24) is 9.55 Å². The molecule has 2 aromatic carbocycles. The predicted octanol–water partition coefficient (Wildman–Crippen LogP) is 6.32. The molecule has 0 saturated carbocycles. The number of nitrogens with zero attached hydrogens (tertiary/aromatic N) is 2. The first kappa shape index (κ1) is 23.0. The summed E-state index contributed by atoms with van der Waals surface area (Å²) in [5.74, 6) is -0.991. The van der Waals surface area contributed by atoms with Gasteiger partial charge in [0.15, 0.2) is 5.13 Å². The van der Waals surface area contributed by atoms with E-state index in [2.05, 4.69) is 17.2 Å². The van der Waals surface area contributed by atoms with Crippen molar-refractivity contribution in [1.29, 1.82) is 0 Å². The molecule has 33 heavy (non-hydrogen) atoms. The summed E-state index contributed by atoms with van der Waals surface area (Å²) in [6.45, 7) is 2.61. The van der Waals surface area contributed by atoms with Crippen LogP contribution in [0.5, 0.6) is 5.75 Å². The van der Waals surface area contributed by atoms with Crippen LogP contribution in [0.2, 0.25) is 5.02 Å². The van der Waals surface area contributed by atoms with Gasteiger partial charge in [0.2, 0.25) is 0 Å². The molecule has 0 aliphatic carbocycles. The largest absolute Gasteiger partial charge is 0.506 e. The Hall–Kier alpha value is -3.16. The molecular weight excluding hydrogens is 458 g/mol. The van der Waals surface area contributed by atoms with Gasteiger partial charge < -0.3 is 9.67 Å². The number of aromatic hydroxyl groups is 1. The number of aromatic nitrogens is 2. The number of hydrogen-bond donors (Lipinski definition) is 2. The Balaban J connectivity index is 1.65. The van der Waals surface area contributed by atoms with Gasteiger partial charge in [-0.3, -0.25) is 14.9 Å². The molecule has 0 radical (unpaired) electrons. The van der Waals surface area contributed by atoms with Crippen LogP contribution < -0.4 is 10.9 Å². The molecule has 0 aliphatic heterocycles. The molecule has 0 atom stereocenters. The number of halogens is 1. The van der Waals surface area contributed by atoms with Crippen LogP contribution in [-0.2, 0) is 6.54 Å². The Labute approximate surface area is 200 Å². The second kappa shape index (κ2) is 10.2. The Morgan fingerprint density at radius 1 is 1.12 bits per heavy atom. The number of benzene rings is 2. The summed E-state index contributed by atoms with van der Waals surface area (Å²) in [5.41, 5.74) is 1.39. The molecule has 170 valence electrons. The lowest BCUT2D eigenvalue weighted by Crippen LogP contribution is -2.30. The molecule has 2 heterocycles. The predicted molar refractivity (Wildman–Crippen MR) is 135 cm³/mol. The summed E-state index contributed by atoms with van der Waals surface area (Å²) < 4.78 is 1.58. The average molecular weight is 482 g/mol. The molecule has 6 nitrogen and oxygen atoms in total. The van der Waals surface area contributed by atoms with Gasteiger partial charge in [-0.1, -0.05) is 62.1 Å². The quantitative estimate of drug-likeness (QED) is 0.288. The average Bonchev–Trinajstić information content (AvgIpc) is 3.27. The Kier molecular flexibility index (Phi) is 7.11. The van der Waals surface area contributed by atoms with E-state index in [0.717, 1.165) is 31.2 Å². The van der Waals surface area contributed by atoms with Crippen LogP contribution in [0, 0.1) is 0 Å². The van der Waals surface area contributed by atoms with Crippen molar-refractivity contribution >= 4 is 44.9 Å². The van der Waals surface area contributed by atoms with E-state index >= 15 is 0 Å². The first-order valence-corrected chi connectivity index (χ1v) is 12.1. The zero-order chi connectivity index (χ0) is 23.4. The number of para-hydroxylation sites is 1. The van der Waals surface area contributed by atoms with Crippen LogP contribution in [0.3, 0.4) is 0 Å². The topological polar surface area (TPSA) is 84.2 Å². The fourth-order valence-corrected chi connectivity index (χ4v) is 4.60. The third-order valence-electron chi connectivity index (χ3n) is 5.47. The normalized spacial score (nSPS) is 11.1. The van der Waals surface area contributed by atoms with E-state index in [1.54, 1.807) is 34.9 Å². The first-order valence-electron chi connectivity index (χ1n) is 10.9. The monoisotopic (exact) mass is 481 g/mol. The van der Waals surface area contributed by atoms with Gasteiger partial charge in [0, 0.05) is 27.9 Å². The van der Waals surface area contributed by atoms with E-state index in [1.165, 1.54) is 11.3 Å². The Morgan fingerprint density at radius 2 is 1.88 bits per heavy atom. The molecule has 0 unspecified atom stereocenters. The van der Waals surface area contributed by atoms with Crippen molar-refractivity contribution in [2.24, 2.45) is 0 Å². The Bertz CT molecular complexity index is 1350. The number of rotatable bonds is 8. The molecule has 0 bridgehead atoms. The van der Waals surface area contributed by atoms with E-state index in [0.29, 0.717) is 33.3 Å². The van der Waals surface area contributed by atoms with Gasteiger partial charge in [0.25, 0.3) is 11.5 Å². The van der Waals surface area contributed by atoms with Gasteiger partial charge in [-0.25, -0.2) is 4.98 Å². The van der Waals surface area contributed by atoms with Crippen LogP contribution in [0.15, 0.2) is 58.7 Å². The van der Waals surface area contributed by atoms with Crippen molar-refractivity contribution in [2.75, 3.05) is 5.32 Å². The molecular formula is C25H24ClN3O3S. The zero-order valence-corrected chi connectivity index (χ0v) is 19.7. The number of nitrogens with one attached hydrogen (secondary N) is 1. The number of thiazole rings is 1. The number of fused-ring (bicyclic) bond motifs is 1. The minimum absolute atomic E-state index is 0.271. The molecule has 4 aromatic rings. The smallest absolute Gasteiger partial charge is 0.267 e. The van der Waals surface area contributed by atoms with Crippen LogP contribution in [0.25, 0.3) is 22.2 Å². The van der Waals surface area contributed by atoms with Gasteiger partial charge >= 0.3 is 0 Å². The van der Waals surface area contributed by atoms with E-state index in [1.807, 2.05) is 23.6 Å². The van der Waals surface area contributed by atoms with E-state index in [-0.39, 0.29) is 11.3 Å². The highest BCUT2D eigenvalue weighted by Crippen LogP contribution is 2.29. The van der Waals surface area contributed by atoms with Crippen molar-refractivity contribution < 1.29 is 9.90 Å². The highest BCUT2D eigenvalue weighted by atomic mass is 35.5. The van der Waals surface area contributed by atoms with Crippen molar-refractivity contribution in [3.8, 4) is 17.0 Å². The molecule has 4 rings (SSSR count). The lowest BCUT2D eigenvalue weighted by atomic mass is 10.1. The number of amides is 1. The number of carbonyl (C=O) groups is 1. The minimum atomic E-state index is -0.678. The number of unbranched alkanes of at least 4 members (excludes halogenated alkanes) is 3. The summed E-state index contributed by atoms with van der Waals surface area (Å²) in [5, 5.41) is 16.7. The van der Waals surface area contributed by atoms with E-state index in [9.17, 15) is 14.7 Å². The van der Waals surface area contributed by atoms with E-state index < -0.39 is 11.5 Å². The summed E-state index contributed by atoms with van der Waals surface area (Å²) in [6.07, 6.45) is 3.98.